The van der Waals surface area contributed by atoms with Gasteiger partial charge in [-0.2, -0.15) is 0 Å². The molecular formula is C12H22O5S. The van der Waals surface area contributed by atoms with Crippen LogP contribution in [0, 0.1) is 0 Å². The highest BCUT2D eigenvalue weighted by Gasteiger charge is 2.34. The molecule has 0 rings (SSSR count). The van der Waals surface area contributed by atoms with Crippen molar-refractivity contribution in [1.82, 2.24) is 0 Å². The molecule has 0 spiro atoms. The van der Waals surface area contributed by atoms with E-state index in [9.17, 15) is 18.0 Å². The monoisotopic (exact) mass is 278 g/mol. The zero-order chi connectivity index (χ0) is 14.2. The quantitative estimate of drug-likeness (QED) is 0.486. The predicted octanol–water partition coefficient (Wildman–Crippen LogP) is 1.80. The Morgan fingerprint density at radius 2 is 1.78 bits per heavy atom. The van der Waals surface area contributed by atoms with Crippen molar-refractivity contribution in [1.29, 1.82) is 0 Å². The third kappa shape index (κ3) is 6.14. The van der Waals surface area contributed by atoms with Crippen molar-refractivity contribution in [2.24, 2.45) is 0 Å². The van der Waals surface area contributed by atoms with E-state index in [4.69, 9.17) is 5.11 Å². The van der Waals surface area contributed by atoms with Crippen LogP contribution in [0.2, 0.25) is 0 Å². The molecule has 0 aromatic carbocycles. The van der Waals surface area contributed by atoms with Crippen molar-refractivity contribution in [2.75, 3.05) is 6.26 Å². The first-order valence-electron chi connectivity index (χ1n) is 6.08. The summed E-state index contributed by atoms with van der Waals surface area (Å²) >= 11 is 0. The molecule has 1 N–H and O–H groups in total. The van der Waals surface area contributed by atoms with Crippen molar-refractivity contribution < 1.29 is 23.1 Å². The van der Waals surface area contributed by atoms with E-state index in [0.717, 1.165) is 6.29 Å². The summed E-state index contributed by atoms with van der Waals surface area (Å²) in [6.45, 7) is 1.66. The Morgan fingerprint density at radius 3 is 2.22 bits per heavy atom. The molecule has 0 heterocycles. The molecule has 0 bridgehead atoms. The van der Waals surface area contributed by atoms with Crippen LogP contribution >= 0.6 is 0 Å². The van der Waals surface area contributed by atoms with Gasteiger partial charge in [0.1, 0.15) is 6.29 Å². The molecule has 0 saturated carbocycles. The number of carboxylic acid groups (broad SMARTS) is 1. The Kier molecular flexibility index (Phi) is 7.13. The molecule has 0 amide bonds. The summed E-state index contributed by atoms with van der Waals surface area (Å²) in [5.74, 6) is -0.910. The number of rotatable bonds is 10. The molecule has 18 heavy (non-hydrogen) atoms. The Labute approximate surface area is 108 Å². The number of carbonyl (C=O) groups excluding carboxylic acids is 1. The fourth-order valence-corrected chi connectivity index (χ4v) is 2.87. The van der Waals surface area contributed by atoms with Crippen molar-refractivity contribution >= 4 is 22.1 Å². The van der Waals surface area contributed by atoms with Crippen LogP contribution in [-0.2, 0) is 19.4 Å². The van der Waals surface area contributed by atoms with Crippen LogP contribution in [0.1, 0.15) is 51.9 Å². The van der Waals surface area contributed by atoms with E-state index in [1.165, 1.54) is 6.26 Å². The maximum absolute atomic E-state index is 11.8. The van der Waals surface area contributed by atoms with Gasteiger partial charge in [-0.15, -0.1) is 0 Å². The number of aliphatic carboxylic acids is 1. The SMILES string of the molecule is CC(CCCCC=O)(CCCC(=O)O)S(C)(=O)=O. The number of unbranched alkanes of at least 4 members (excludes halogenated alkanes) is 2. The highest BCUT2D eigenvalue weighted by molar-refractivity contribution is 7.92. The van der Waals surface area contributed by atoms with E-state index in [0.29, 0.717) is 38.5 Å². The van der Waals surface area contributed by atoms with Crippen molar-refractivity contribution in [2.45, 2.75) is 56.6 Å². The van der Waals surface area contributed by atoms with Gasteiger partial charge in [-0.25, -0.2) is 8.42 Å². The summed E-state index contributed by atoms with van der Waals surface area (Å²) < 4.78 is 22.7. The maximum Gasteiger partial charge on any atom is 0.303 e. The molecule has 0 fully saturated rings. The highest BCUT2D eigenvalue weighted by Crippen LogP contribution is 2.29. The number of aldehydes is 1. The van der Waals surface area contributed by atoms with Gasteiger partial charge in [0.15, 0.2) is 9.84 Å². The predicted molar refractivity (Wildman–Crippen MR) is 69.3 cm³/mol. The third-order valence-corrected chi connectivity index (χ3v) is 5.47. The summed E-state index contributed by atoms with van der Waals surface area (Å²) in [4.78, 5) is 20.6. The molecule has 0 aliphatic rings. The standard InChI is InChI=1S/C12H22O5S/c1-12(18(2,16)17,8-4-3-5-10-13)9-6-7-11(14)15/h10H,3-9H2,1-2H3,(H,14,15). The van der Waals surface area contributed by atoms with Crippen LogP contribution in [0.15, 0.2) is 0 Å². The van der Waals surface area contributed by atoms with Gasteiger partial charge < -0.3 is 9.90 Å². The van der Waals surface area contributed by atoms with Crippen LogP contribution in [0.5, 0.6) is 0 Å². The van der Waals surface area contributed by atoms with Gasteiger partial charge >= 0.3 is 5.97 Å². The molecule has 0 aromatic heterocycles. The first-order valence-corrected chi connectivity index (χ1v) is 7.97. The summed E-state index contributed by atoms with van der Waals surface area (Å²) in [6.07, 6.45) is 4.94. The van der Waals surface area contributed by atoms with Crippen LogP contribution in [0.3, 0.4) is 0 Å². The van der Waals surface area contributed by atoms with Gasteiger partial charge in [0.05, 0.1) is 4.75 Å². The molecule has 0 saturated heterocycles. The summed E-state index contributed by atoms with van der Waals surface area (Å²) in [5.41, 5.74) is 0. The minimum absolute atomic E-state index is 0.0144. The first-order chi connectivity index (χ1) is 8.23. The zero-order valence-corrected chi connectivity index (χ0v) is 11.8. The molecule has 1 atom stereocenters. The minimum atomic E-state index is -3.23. The molecule has 1 unspecified atom stereocenters. The van der Waals surface area contributed by atoms with Gasteiger partial charge in [0.25, 0.3) is 0 Å². The zero-order valence-electron chi connectivity index (χ0n) is 11.0. The fraction of sp³-hybridized carbons (Fsp3) is 0.833. The van der Waals surface area contributed by atoms with Crippen LogP contribution in [0.4, 0.5) is 0 Å². The molecule has 5 nitrogen and oxygen atoms in total. The molecule has 0 aliphatic heterocycles. The second-order valence-corrected chi connectivity index (χ2v) is 7.41. The van der Waals surface area contributed by atoms with E-state index in [1.807, 2.05) is 0 Å². The lowest BCUT2D eigenvalue weighted by atomic mass is 9.96. The number of carboxylic acids is 1. The largest absolute Gasteiger partial charge is 0.481 e. The second-order valence-electron chi connectivity index (χ2n) is 4.88. The lowest BCUT2D eigenvalue weighted by Gasteiger charge is -2.27. The van der Waals surface area contributed by atoms with Crippen LogP contribution in [-0.4, -0.2) is 36.8 Å². The molecule has 0 aromatic rings. The normalized spacial score (nSPS) is 15.0. The maximum atomic E-state index is 11.8. The number of hydrogen-bond acceptors (Lipinski definition) is 4. The van der Waals surface area contributed by atoms with Gasteiger partial charge in [-0.05, 0) is 32.6 Å². The summed E-state index contributed by atoms with van der Waals surface area (Å²) in [7, 11) is -3.23. The van der Waals surface area contributed by atoms with E-state index < -0.39 is 20.6 Å². The van der Waals surface area contributed by atoms with E-state index in [1.54, 1.807) is 6.92 Å². The number of carbonyl (C=O) groups is 2. The van der Waals surface area contributed by atoms with Crippen molar-refractivity contribution in [3.63, 3.8) is 0 Å². The topological polar surface area (TPSA) is 88.5 Å². The summed E-state index contributed by atoms with van der Waals surface area (Å²) in [5, 5.41) is 8.57. The molecule has 0 radical (unpaired) electrons. The van der Waals surface area contributed by atoms with Crippen molar-refractivity contribution in [3.8, 4) is 0 Å². The Balaban J connectivity index is 4.44. The molecule has 0 aliphatic carbocycles. The molecule has 106 valence electrons. The lowest BCUT2D eigenvalue weighted by Crippen LogP contribution is -2.34. The fourth-order valence-electron chi connectivity index (χ4n) is 1.84. The van der Waals surface area contributed by atoms with Gasteiger partial charge in [0, 0.05) is 19.1 Å². The third-order valence-electron chi connectivity index (χ3n) is 3.27. The summed E-state index contributed by atoms with van der Waals surface area (Å²) in [6, 6.07) is 0. The smallest absolute Gasteiger partial charge is 0.303 e. The van der Waals surface area contributed by atoms with E-state index >= 15 is 0 Å². The van der Waals surface area contributed by atoms with E-state index in [-0.39, 0.29) is 6.42 Å². The average Bonchev–Trinajstić information content (AvgIpc) is 2.22. The van der Waals surface area contributed by atoms with Gasteiger partial charge in [0.2, 0.25) is 0 Å². The lowest BCUT2D eigenvalue weighted by molar-refractivity contribution is -0.137. The van der Waals surface area contributed by atoms with Crippen LogP contribution in [0.25, 0.3) is 0 Å². The van der Waals surface area contributed by atoms with Gasteiger partial charge in [-0.3, -0.25) is 4.79 Å². The minimum Gasteiger partial charge on any atom is -0.481 e. The Bertz CT molecular complexity index is 374. The Morgan fingerprint density at radius 1 is 1.22 bits per heavy atom. The number of hydrogen-bond donors (Lipinski definition) is 1. The van der Waals surface area contributed by atoms with E-state index in [2.05, 4.69) is 0 Å². The molecule has 6 heteroatoms. The first kappa shape index (κ1) is 17.1. The van der Waals surface area contributed by atoms with Crippen LogP contribution < -0.4 is 0 Å². The average molecular weight is 278 g/mol. The Hall–Kier alpha value is -0.910. The highest BCUT2D eigenvalue weighted by atomic mass is 32.2. The molecular weight excluding hydrogens is 256 g/mol. The number of sulfone groups is 1. The van der Waals surface area contributed by atoms with Crippen molar-refractivity contribution in [3.05, 3.63) is 0 Å². The van der Waals surface area contributed by atoms with Gasteiger partial charge in [-0.1, -0.05) is 6.42 Å². The second kappa shape index (κ2) is 7.51.